The Hall–Kier alpha value is -1.55. The molecule has 0 saturated carbocycles. The van der Waals surface area contributed by atoms with Gasteiger partial charge < -0.3 is 15.7 Å². The van der Waals surface area contributed by atoms with Crippen LogP contribution in [0.1, 0.15) is 23.2 Å². The minimum Gasteiger partial charge on any atom is -0.508 e. The van der Waals surface area contributed by atoms with Gasteiger partial charge in [-0.3, -0.25) is 4.79 Å². The lowest BCUT2D eigenvalue weighted by atomic mass is 10.1. The van der Waals surface area contributed by atoms with Crippen LogP contribution in [-0.4, -0.2) is 35.5 Å². The van der Waals surface area contributed by atoms with Crippen LogP contribution in [0.2, 0.25) is 0 Å². The van der Waals surface area contributed by atoms with Gasteiger partial charge in [0.1, 0.15) is 5.75 Å². The fraction of sp³-hybridized carbons (Fsp3) is 0.462. The molecule has 2 rings (SSSR count). The highest BCUT2D eigenvalue weighted by Gasteiger charge is 2.26. The minimum absolute atomic E-state index is 0.000390. The summed E-state index contributed by atoms with van der Waals surface area (Å²) in [5.74, 6) is 0.662. The molecule has 0 aliphatic carbocycles. The summed E-state index contributed by atoms with van der Waals surface area (Å²) in [5.41, 5.74) is 6.08. The Bertz CT molecular complexity index is 406. The molecule has 4 heteroatoms. The van der Waals surface area contributed by atoms with Gasteiger partial charge in [0.25, 0.3) is 5.91 Å². The Kier molecular flexibility index (Phi) is 3.64. The molecule has 0 bridgehead atoms. The molecule has 4 nitrogen and oxygen atoms in total. The Morgan fingerprint density at radius 3 is 3.06 bits per heavy atom. The SMILES string of the molecule is NCCC1CCN(C(=O)c2cccc(O)c2)C1. The largest absolute Gasteiger partial charge is 0.508 e. The average molecular weight is 234 g/mol. The summed E-state index contributed by atoms with van der Waals surface area (Å²) < 4.78 is 0. The number of hydrogen-bond donors (Lipinski definition) is 2. The second-order valence-electron chi connectivity index (χ2n) is 4.53. The molecule has 3 N–H and O–H groups in total. The highest BCUT2D eigenvalue weighted by Crippen LogP contribution is 2.22. The fourth-order valence-corrected chi connectivity index (χ4v) is 2.31. The maximum Gasteiger partial charge on any atom is 0.253 e. The molecule has 1 aliphatic rings. The zero-order valence-corrected chi connectivity index (χ0v) is 9.80. The first kappa shape index (κ1) is 11.9. The molecule has 1 atom stereocenters. The van der Waals surface area contributed by atoms with Gasteiger partial charge in [-0.25, -0.2) is 0 Å². The number of hydrogen-bond acceptors (Lipinski definition) is 3. The molecule has 1 aromatic carbocycles. The fourth-order valence-electron chi connectivity index (χ4n) is 2.31. The molecular weight excluding hydrogens is 216 g/mol. The second kappa shape index (κ2) is 5.19. The van der Waals surface area contributed by atoms with Crippen LogP contribution in [0, 0.1) is 5.92 Å². The summed E-state index contributed by atoms with van der Waals surface area (Å²) in [4.78, 5) is 14.0. The minimum atomic E-state index is 0.000390. The smallest absolute Gasteiger partial charge is 0.253 e. The zero-order valence-electron chi connectivity index (χ0n) is 9.80. The van der Waals surface area contributed by atoms with Crippen molar-refractivity contribution in [2.75, 3.05) is 19.6 Å². The molecule has 1 aromatic rings. The number of nitrogens with zero attached hydrogens (tertiary/aromatic N) is 1. The van der Waals surface area contributed by atoms with Gasteiger partial charge in [0.05, 0.1) is 0 Å². The van der Waals surface area contributed by atoms with Crippen LogP contribution in [0.5, 0.6) is 5.75 Å². The molecule has 0 radical (unpaired) electrons. The van der Waals surface area contributed by atoms with Gasteiger partial charge in [-0.05, 0) is 43.5 Å². The lowest BCUT2D eigenvalue weighted by Crippen LogP contribution is -2.28. The molecule has 1 heterocycles. The molecule has 17 heavy (non-hydrogen) atoms. The summed E-state index contributed by atoms with van der Waals surface area (Å²) in [6.07, 6.45) is 2.01. The van der Waals surface area contributed by atoms with E-state index in [1.54, 1.807) is 18.2 Å². The topological polar surface area (TPSA) is 66.6 Å². The van der Waals surface area contributed by atoms with E-state index in [4.69, 9.17) is 5.73 Å². The standard InChI is InChI=1S/C13H18N2O2/c14-6-4-10-5-7-15(9-10)13(17)11-2-1-3-12(16)8-11/h1-3,8,10,16H,4-7,9,14H2. The molecule has 92 valence electrons. The van der Waals surface area contributed by atoms with Gasteiger partial charge >= 0.3 is 0 Å². The Balaban J connectivity index is 2.02. The lowest BCUT2D eigenvalue weighted by Gasteiger charge is -2.16. The highest BCUT2D eigenvalue weighted by atomic mass is 16.3. The quantitative estimate of drug-likeness (QED) is 0.826. The van der Waals surface area contributed by atoms with Crippen molar-refractivity contribution >= 4 is 5.91 Å². The van der Waals surface area contributed by atoms with Crippen molar-refractivity contribution in [2.24, 2.45) is 11.7 Å². The number of benzene rings is 1. The second-order valence-corrected chi connectivity index (χ2v) is 4.53. The molecule has 1 aliphatic heterocycles. The van der Waals surface area contributed by atoms with E-state index in [0.717, 1.165) is 25.9 Å². The number of carbonyl (C=O) groups excluding carboxylic acids is 1. The number of amides is 1. The zero-order chi connectivity index (χ0) is 12.3. The third-order valence-electron chi connectivity index (χ3n) is 3.24. The molecule has 1 amide bonds. The number of carbonyl (C=O) groups is 1. The van der Waals surface area contributed by atoms with Crippen molar-refractivity contribution in [3.63, 3.8) is 0 Å². The number of phenols is 1. The van der Waals surface area contributed by atoms with Crippen LogP contribution in [0.3, 0.4) is 0 Å². The van der Waals surface area contributed by atoms with Crippen LogP contribution in [0.4, 0.5) is 0 Å². The maximum absolute atomic E-state index is 12.1. The van der Waals surface area contributed by atoms with Crippen LogP contribution in [-0.2, 0) is 0 Å². The Morgan fingerprint density at radius 1 is 1.53 bits per heavy atom. The van der Waals surface area contributed by atoms with Gasteiger partial charge in [0.15, 0.2) is 0 Å². The molecular formula is C13H18N2O2. The number of likely N-dealkylation sites (tertiary alicyclic amines) is 1. The van der Waals surface area contributed by atoms with Gasteiger partial charge in [0.2, 0.25) is 0 Å². The summed E-state index contributed by atoms with van der Waals surface area (Å²) in [7, 11) is 0. The van der Waals surface area contributed by atoms with E-state index >= 15 is 0 Å². The van der Waals surface area contributed by atoms with E-state index in [0.29, 0.717) is 18.0 Å². The first-order valence-corrected chi connectivity index (χ1v) is 5.99. The highest BCUT2D eigenvalue weighted by molar-refractivity contribution is 5.94. The summed E-state index contributed by atoms with van der Waals surface area (Å²) in [6, 6.07) is 6.50. The van der Waals surface area contributed by atoms with Crippen LogP contribution >= 0.6 is 0 Å². The molecule has 1 fully saturated rings. The molecule has 1 unspecified atom stereocenters. The third kappa shape index (κ3) is 2.77. The van der Waals surface area contributed by atoms with Crippen molar-refractivity contribution in [2.45, 2.75) is 12.8 Å². The van der Waals surface area contributed by atoms with E-state index in [-0.39, 0.29) is 11.7 Å². The van der Waals surface area contributed by atoms with Gasteiger partial charge in [-0.15, -0.1) is 0 Å². The van der Waals surface area contributed by atoms with Gasteiger partial charge in [-0.1, -0.05) is 6.07 Å². The summed E-state index contributed by atoms with van der Waals surface area (Å²) >= 11 is 0. The van der Waals surface area contributed by atoms with Crippen LogP contribution < -0.4 is 5.73 Å². The van der Waals surface area contributed by atoms with Crippen LogP contribution in [0.15, 0.2) is 24.3 Å². The lowest BCUT2D eigenvalue weighted by molar-refractivity contribution is 0.0786. The van der Waals surface area contributed by atoms with E-state index < -0.39 is 0 Å². The third-order valence-corrected chi connectivity index (χ3v) is 3.24. The number of nitrogens with two attached hydrogens (primary N) is 1. The van der Waals surface area contributed by atoms with Gasteiger partial charge in [0, 0.05) is 18.7 Å². The van der Waals surface area contributed by atoms with E-state index in [9.17, 15) is 9.90 Å². The predicted octanol–water partition coefficient (Wildman–Crippen LogP) is 1.20. The predicted molar refractivity (Wildman–Crippen MR) is 65.8 cm³/mol. The van der Waals surface area contributed by atoms with Crippen molar-refractivity contribution in [1.82, 2.24) is 4.90 Å². The van der Waals surface area contributed by atoms with E-state index in [1.165, 1.54) is 6.07 Å². The van der Waals surface area contributed by atoms with Gasteiger partial charge in [-0.2, -0.15) is 0 Å². The average Bonchev–Trinajstić information content (AvgIpc) is 2.77. The van der Waals surface area contributed by atoms with E-state index in [2.05, 4.69) is 0 Å². The summed E-state index contributed by atoms with van der Waals surface area (Å²) in [6.45, 7) is 2.25. The normalized spacial score (nSPS) is 19.6. The number of rotatable bonds is 3. The number of aromatic hydroxyl groups is 1. The van der Waals surface area contributed by atoms with E-state index in [1.807, 2.05) is 4.90 Å². The summed E-state index contributed by atoms with van der Waals surface area (Å²) in [5, 5.41) is 9.35. The van der Waals surface area contributed by atoms with Crippen molar-refractivity contribution in [1.29, 1.82) is 0 Å². The van der Waals surface area contributed by atoms with Crippen molar-refractivity contribution in [3.8, 4) is 5.75 Å². The number of phenolic OH excluding ortho intramolecular Hbond substituents is 1. The van der Waals surface area contributed by atoms with Crippen LogP contribution in [0.25, 0.3) is 0 Å². The molecule has 0 spiro atoms. The molecule has 0 aromatic heterocycles. The molecule has 1 saturated heterocycles. The maximum atomic E-state index is 12.1. The Labute approximate surface area is 101 Å². The van der Waals surface area contributed by atoms with Crippen molar-refractivity contribution in [3.05, 3.63) is 29.8 Å². The monoisotopic (exact) mass is 234 g/mol. The first-order chi connectivity index (χ1) is 8.20. The Morgan fingerprint density at radius 2 is 2.35 bits per heavy atom. The van der Waals surface area contributed by atoms with Crippen molar-refractivity contribution < 1.29 is 9.90 Å². The first-order valence-electron chi connectivity index (χ1n) is 5.99.